The minimum absolute atomic E-state index is 0.577. The maximum absolute atomic E-state index is 12.7. The molecule has 1 aliphatic heterocycles. The summed E-state index contributed by atoms with van der Waals surface area (Å²) < 4.78 is 49.2. The number of carbonyl (C=O) groups excluding carboxylic acids is 1. The van der Waals surface area contributed by atoms with Crippen LogP contribution >= 0.6 is 0 Å². The number of alkyl halides is 4. The molecule has 0 aliphatic carbocycles. The summed E-state index contributed by atoms with van der Waals surface area (Å²) in [6, 6.07) is -1.05. The van der Waals surface area contributed by atoms with E-state index in [2.05, 4.69) is 5.32 Å². The van der Waals surface area contributed by atoms with Crippen LogP contribution in [0.4, 0.5) is 17.6 Å². The lowest BCUT2D eigenvalue weighted by Gasteiger charge is -2.20. The zero-order valence-corrected chi connectivity index (χ0v) is 8.14. The Kier molecular flexibility index (Phi) is 3.54. The van der Waals surface area contributed by atoms with Gasteiger partial charge < -0.3 is 4.90 Å². The van der Waals surface area contributed by atoms with Crippen LogP contribution in [0.3, 0.4) is 0 Å². The Morgan fingerprint density at radius 1 is 1.60 bits per heavy atom. The number of nitrogens with zero attached hydrogens (tertiary/aromatic N) is 1. The monoisotopic (exact) mass is 228 g/mol. The number of nitrogens with one attached hydrogen (secondary N) is 1. The molecule has 0 aromatic rings. The smallest absolute Gasteiger partial charge is 0.262 e. The quantitative estimate of drug-likeness (QED) is 0.721. The second-order valence-electron chi connectivity index (χ2n) is 3.60. The Hall–Kier alpha value is -0.850. The van der Waals surface area contributed by atoms with Gasteiger partial charge in [-0.15, -0.1) is 0 Å². The second-order valence-corrected chi connectivity index (χ2v) is 3.60. The standard InChI is InChI=1S/C8H12F4N2O/c1-14(3-6(9)10)7(15)5-2-8(11,12)4-13-5/h5-6,13H,2-4H2,1H3. The molecule has 1 saturated heterocycles. The summed E-state index contributed by atoms with van der Waals surface area (Å²) in [5.41, 5.74) is 0. The Labute approximate surface area is 84.4 Å². The highest BCUT2D eigenvalue weighted by Crippen LogP contribution is 2.25. The molecule has 7 heteroatoms. The molecule has 0 spiro atoms. The average molecular weight is 228 g/mol. The van der Waals surface area contributed by atoms with Crippen molar-refractivity contribution >= 4 is 5.91 Å². The number of rotatable bonds is 3. The van der Waals surface area contributed by atoms with Crippen molar-refractivity contribution in [1.29, 1.82) is 0 Å². The lowest BCUT2D eigenvalue weighted by Crippen LogP contribution is -2.43. The minimum atomic E-state index is -2.92. The Morgan fingerprint density at radius 2 is 2.20 bits per heavy atom. The summed E-state index contributed by atoms with van der Waals surface area (Å²) in [5.74, 6) is -3.64. The normalized spacial score (nSPS) is 24.5. The molecule has 1 amide bonds. The number of halogens is 4. The third-order valence-corrected chi connectivity index (χ3v) is 2.20. The predicted molar refractivity (Wildman–Crippen MR) is 45.0 cm³/mol. The van der Waals surface area contributed by atoms with Crippen LogP contribution in [0.5, 0.6) is 0 Å². The predicted octanol–water partition coefficient (Wildman–Crippen LogP) is 0.707. The first-order valence-corrected chi connectivity index (χ1v) is 4.46. The molecule has 0 aromatic carbocycles. The van der Waals surface area contributed by atoms with E-state index in [1.54, 1.807) is 0 Å². The Morgan fingerprint density at radius 3 is 2.60 bits per heavy atom. The van der Waals surface area contributed by atoms with E-state index in [1.165, 1.54) is 7.05 Å². The first-order chi connectivity index (χ1) is 6.82. The fourth-order valence-electron chi connectivity index (χ4n) is 1.45. The van der Waals surface area contributed by atoms with Crippen molar-refractivity contribution in [3.8, 4) is 0 Å². The summed E-state index contributed by atoms with van der Waals surface area (Å²) in [4.78, 5) is 12.1. The fraction of sp³-hybridized carbons (Fsp3) is 0.875. The van der Waals surface area contributed by atoms with Gasteiger partial charge in [0.05, 0.1) is 19.1 Å². The molecular weight excluding hydrogens is 216 g/mol. The van der Waals surface area contributed by atoms with E-state index in [-0.39, 0.29) is 0 Å². The number of amides is 1. The van der Waals surface area contributed by atoms with Crippen molar-refractivity contribution in [3.05, 3.63) is 0 Å². The van der Waals surface area contributed by atoms with E-state index < -0.39 is 43.8 Å². The molecule has 1 unspecified atom stereocenters. The molecular formula is C8H12F4N2O. The van der Waals surface area contributed by atoms with Crippen LogP contribution in [0.2, 0.25) is 0 Å². The fourth-order valence-corrected chi connectivity index (χ4v) is 1.45. The molecule has 88 valence electrons. The maximum atomic E-state index is 12.7. The largest absolute Gasteiger partial charge is 0.339 e. The first-order valence-electron chi connectivity index (χ1n) is 4.46. The van der Waals surface area contributed by atoms with E-state index in [0.717, 1.165) is 4.90 Å². The molecule has 1 N–H and O–H groups in total. The number of likely N-dealkylation sites (N-methyl/N-ethyl adjacent to an activating group) is 1. The molecule has 15 heavy (non-hydrogen) atoms. The zero-order valence-electron chi connectivity index (χ0n) is 8.14. The summed E-state index contributed by atoms with van der Waals surface area (Å²) in [6.45, 7) is -1.31. The molecule has 1 heterocycles. The lowest BCUT2D eigenvalue weighted by molar-refractivity contribution is -0.134. The molecule has 3 nitrogen and oxygen atoms in total. The molecule has 1 rings (SSSR count). The molecule has 0 radical (unpaired) electrons. The van der Waals surface area contributed by atoms with Crippen LogP contribution in [-0.2, 0) is 4.79 Å². The number of hydrogen-bond acceptors (Lipinski definition) is 2. The van der Waals surface area contributed by atoms with Crippen molar-refractivity contribution in [2.75, 3.05) is 20.1 Å². The van der Waals surface area contributed by atoms with Crippen molar-refractivity contribution in [1.82, 2.24) is 10.2 Å². The van der Waals surface area contributed by atoms with Crippen LogP contribution in [0.25, 0.3) is 0 Å². The van der Waals surface area contributed by atoms with Crippen molar-refractivity contribution in [2.45, 2.75) is 24.8 Å². The lowest BCUT2D eigenvalue weighted by atomic mass is 10.2. The van der Waals surface area contributed by atoms with Gasteiger partial charge in [-0.2, -0.15) is 0 Å². The van der Waals surface area contributed by atoms with E-state index in [0.29, 0.717) is 0 Å². The maximum Gasteiger partial charge on any atom is 0.262 e. The first kappa shape index (κ1) is 12.2. The van der Waals surface area contributed by atoms with Gasteiger partial charge in [-0.05, 0) is 0 Å². The van der Waals surface area contributed by atoms with E-state index in [1.807, 2.05) is 0 Å². The zero-order chi connectivity index (χ0) is 11.6. The number of hydrogen-bond donors (Lipinski definition) is 1. The van der Waals surface area contributed by atoms with Crippen LogP contribution in [0.15, 0.2) is 0 Å². The van der Waals surface area contributed by atoms with Gasteiger partial charge in [-0.3, -0.25) is 10.1 Å². The minimum Gasteiger partial charge on any atom is -0.339 e. The molecule has 0 saturated carbocycles. The summed E-state index contributed by atoms with van der Waals surface area (Å²) in [7, 11) is 1.17. The molecule has 1 atom stereocenters. The van der Waals surface area contributed by atoms with Crippen LogP contribution in [0.1, 0.15) is 6.42 Å². The highest BCUT2D eigenvalue weighted by atomic mass is 19.3. The van der Waals surface area contributed by atoms with Gasteiger partial charge in [-0.1, -0.05) is 0 Å². The van der Waals surface area contributed by atoms with Crippen molar-refractivity contribution < 1.29 is 22.4 Å². The second kappa shape index (κ2) is 4.34. The van der Waals surface area contributed by atoms with Gasteiger partial charge in [-0.25, -0.2) is 17.6 Å². The van der Waals surface area contributed by atoms with Crippen LogP contribution in [0, 0.1) is 0 Å². The third kappa shape index (κ3) is 3.33. The van der Waals surface area contributed by atoms with E-state index in [9.17, 15) is 22.4 Å². The number of carbonyl (C=O) groups is 1. The van der Waals surface area contributed by atoms with Crippen LogP contribution in [-0.4, -0.2) is 49.3 Å². The van der Waals surface area contributed by atoms with Gasteiger partial charge >= 0.3 is 0 Å². The molecule has 1 fully saturated rings. The molecule has 0 aromatic heterocycles. The van der Waals surface area contributed by atoms with E-state index in [4.69, 9.17) is 0 Å². The topological polar surface area (TPSA) is 32.3 Å². The highest BCUT2D eigenvalue weighted by molar-refractivity contribution is 5.82. The Balaban J connectivity index is 2.48. The average Bonchev–Trinajstić information content (AvgIpc) is 2.43. The van der Waals surface area contributed by atoms with Crippen molar-refractivity contribution in [3.63, 3.8) is 0 Å². The van der Waals surface area contributed by atoms with Gasteiger partial charge in [0.1, 0.15) is 0 Å². The van der Waals surface area contributed by atoms with Gasteiger partial charge in [0, 0.05) is 13.5 Å². The summed E-state index contributed by atoms with van der Waals surface area (Å²) in [5, 5.41) is 2.31. The van der Waals surface area contributed by atoms with Crippen molar-refractivity contribution in [2.24, 2.45) is 0 Å². The van der Waals surface area contributed by atoms with E-state index >= 15 is 0 Å². The SMILES string of the molecule is CN(CC(F)F)C(=O)C1CC(F)(F)CN1. The molecule has 0 bridgehead atoms. The van der Waals surface area contributed by atoms with Gasteiger partial charge in [0.2, 0.25) is 5.91 Å². The summed E-state index contributed by atoms with van der Waals surface area (Å²) in [6.07, 6.45) is -3.28. The molecule has 1 aliphatic rings. The Bertz CT molecular complexity index is 247. The van der Waals surface area contributed by atoms with Crippen LogP contribution < -0.4 is 5.32 Å². The highest BCUT2D eigenvalue weighted by Gasteiger charge is 2.43. The summed E-state index contributed by atoms with van der Waals surface area (Å²) >= 11 is 0. The third-order valence-electron chi connectivity index (χ3n) is 2.20. The van der Waals surface area contributed by atoms with Gasteiger partial charge in [0.25, 0.3) is 12.3 Å². The van der Waals surface area contributed by atoms with Gasteiger partial charge in [0.15, 0.2) is 0 Å².